The molecule has 0 fully saturated rings. The molecule has 6 heteroatoms. The average molecular weight is 260 g/mol. The molecule has 6 nitrogen and oxygen atoms in total. The molecule has 0 saturated carbocycles. The van der Waals surface area contributed by atoms with Crippen LogP contribution < -0.4 is 0 Å². The largest absolute Gasteiger partial charge is 0.361 e. The summed E-state index contributed by atoms with van der Waals surface area (Å²) in [6.07, 6.45) is 12.8. The Morgan fingerprint density at radius 2 is 2.11 bits per heavy atom. The van der Waals surface area contributed by atoms with Crippen molar-refractivity contribution >= 4 is 12.2 Å². The predicted octanol–water partition coefficient (Wildman–Crippen LogP) is 2.26. The van der Waals surface area contributed by atoms with Crippen LogP contribution in [0.3, 0.4) is 0 Å². The van der Waals surface area contributed by atoms with Crippen LogP contribution >= 0.6 is 0 Å². The molecule has 0 amide bonds. The number of likely N-dealkylation sites (N-methyl/N-ethyl adjacent to an activating group) is 2. The van der Waals surface area contributed by atoms with Gasteiger partial charge in [-0.15, -0.1) is 15.3 Å². The minimum atomic E-state index is -0.0794. The maximum atomic E-state index is 4.11. The van der Waals surface area contributed by atoms with Gasteiger partial charge in [-0.25, -0.2) is 0 Å². The zero-order chi connectivity index (χ0) is 14.1. The molecule has 1 unspecified atom stereocenters. The van der Waals surface area contributed by atoms with E-state index in [0.29, 0.717) is 0 Å². The first-order valence-electron chi connectivity index (χ1n) is 6.01. The van der Waals surface area contributed by atoms with Crippen molar-refractivity contribution in [3.63, 3.8) is 0 Å². The van der Waals surface area contributed by atoms with E-state index in [1.807, 2.05) is 74.4 Å². The number of azo groups is 1. The van der Waals surface area contributed by atoms with E-state index >= 15 is 0 Å². The SMILES string of the molecule is C\C=C/C(=N\N=C\N=NC1C=CC=CN1C)N(C)C. The van der Waals surface area contributed by atoms with Gasteiger partial charge in [0.05, 0.1) is 0 Å². The summed E-state index contributed by atoms with van der Waals surface area (Å²) >= 11 is 0. The van der Waals surface area contributed by atoms with Crippen LogP contribution in [0.25, 0.3) is 0 Å². The third-order valence-corrected chi connectivity index (χ3v) is 2.36. The van der Waals surface area contributed by atoms with Crippen LogP contribution in [0.5, 0.6) is 0 Å². The lowest BCUT2D eigenvalue weighted by Gasteiger charge is -2.20. The first-order valence-corrected chi connectivity index (χ1v) is 6.01. The van der Waals surface area contributed by atoms with Crippen LogP contribution in [-0.4, -0.2) is 49.3 Å². The molecule has 0 bridgehead atoms. The van der Waals surface area contributed by atoms with Gasteiger partial charge in [0.15, 0.2) is 12.5 Å². The Balaban J connectivity index is 2.55. The van der Waals surface area contributed by atoms with E-state index < -0.39 is 0 Å². The molecule has 0 aromatic rings. The molecule has 1 aliphatic heterocycles. The van der Waals surface area contributed by atoms with Crippen molar-refractivity contribution in [2.24, 2.45) is 20.4 Å². The second kappa shape index (κ2) is 7.97. The van der Waals surface area contributed by atoms with Crippen molar-refractivity contribution in [1.29, 1.82) is 0 Å². The third-order valence-electron chi connectivity index (χ3n) is 2.36. The van der Waals surface area contributed by atoms with E-state index in [0.717, 1.165) is 5.84 Å². The van der Waals surface area contributed by atoms with Gasteiger partial charge in [-0.1, -0.05) is 12.2 Å². The Bertz CT molecular complexity index is 442. The van der Waals surface area contributed by atoms with E-state index in [2.05, 4.69) is 20.4 Å². The van der Waals surface area contributed by atoms with Crippen molar-refractivity contribution in [2.75, 3.05) is 21.1 Å². The molecule has 0 spiro atoms. The topological polar surface area (TPSA) is 55.9 Å². The van der Waals surface area contributed by atoms with Crippen LogP contribution in [0.4, 0.5) is 0 Å². The lowest BCUT2D eigenvalue weighted by atomic mass is 10.3. The van der Waals surface area contributed by atoms with Gasteiger partial charge in [0.2, 0.25) is 0 Å². The summed E-state index contributed by atoms with van der Waals surface area (Å²) < 4.78 is 0. The molecule has 19 heavy (non-hydrogen) atoms. The summed E-state index contributed by atoms with van der Waals surface area (Å²) in [6, 6.07) is 0. The zero-order valence-corrected chi connectivity index (χ0v) is 11.8. The number of hydrogen-bond donors (Lipinski definition) is 0. The molecule has 1 atom stereocenters. The molecule has 0 aromatic carbocycles. The van der Waals surface area contributed by atoms with Crippen LogP contribution in [0.2, 0.25) is 0 Å². The standard InChI is InChI=1S/C13H20N6/c1-5-8-12(18(2)3)16-14-11-15-17-13-9-6-7-10-19(13)4/h5-11,13H,1-4H3/b8-5-,14-11+,16-12+,17-15?. The molecule has 0 aromatic heterocycles. The highest BCUT2D eigenvalue weighted by Gasteiger charge is 2.07. The van der Waals surface area contributed by atoms with Gasteiger partial charge < -0.3 is 9.80 Å². The first-order chi connectivity index (χ1) is 9.15. The Morgan fingerprint density at radius 3 is 2.74 bits per heavy atom. The minimum Gasteiger partial charge on any atom is -0.361 e. The highest BCUT2D eigenvalue weighted by molar-refractivity contribution is 5.92. The average Bonchev–Trinajstić information content (AvgIpc) is 2.39. The van der Waals surface area contributed by atoms with Crippen LogP contribution in [-0.2, 0) is 0 Å². The smallest absolute Gasteiger partial charge is 0.161 e. The Labute approximate surface area is 114 Å². The van der Waals surface area contributed by atoms with Crippen molar-refractivity contribution < 1.29 is 0 Å². The van der Waals surface area contributed by atoms with Gasteiger partial charge in [0.25, 0.3) is 0 Å². The summed E-state index contributed by atoms with van der Waals surface area (Å²) in [4.78, 5) is 3.82. The van der Waals surface area contributed by atoms with E-state index in [1.54, 1.807) is 0 Å². The molecule has 0 saturated heterocycles. The minimum absolute atomic E-state index is 0.0794. The quantitative estimate of drug-likeness (QED) is 0.337. The highest BCUT2D eigenvalue weighted by Crippen LogP contribution is 2.06. The number of allylic oxidation sites excluding steroid dienone is 3. The second-order valence-corrected chi connectivity index (χ2v) is 4.12. The fourth-order valence-electron chi connectivity index (χ4n) is 1.32. The summed E-state index contributed by atoms with van der Waals surface area (Å²) in [5.41, 5.74) is 0. The molecule has 0 radical (unpaired) electrons. The van der Waals surface area contributed by atoms with Gasteiger partial charge in [-0.2, -0.15) is 5.11 Å². The van der Waals surface area contributed by atoms with Crippen LogP contribution in [0.1, 0.15) is 6.92 Å². The normalized spacial score (nSPS) is 20.3. The first kappa shape index (κ1) is 14.8. The number of rotatable bonds is 4. The number of hydrogen-bond acceptors (Lipinski definition) is 4. The van der Waals surface area contributed by atoms with Gasteiger partial charge in [0, 0.05) is 27.3 Å². The Morgan fingerprint density at radius 1 is 1.32 bits per heavy atom. The van der Waals surface area contributed by atoms with Crippen molar-refractivity contribution in [1.82, 2.24) is 9.80 Å². The van der Waals surface area contributed by atoms with Crippen molar-refractivity contribution in [2.45, 2.75) is 13.1 Å². The lowest BCUT2D eigenvalue weighted by Crippen LogP contribution is -2.23. The van der Waals surface area contributed by atoms with Gasteiger partial charge in [-0.05, 0) is 25.2 Å². The second-order valence-electron chi connectivity index (χ2n) is 4.12. The molecule has 102 valence electrons. The number of amidine groups is 1. The molecular weight excluding hydrogens is 240 g/mol. The van der Waals surface area contributed by atoms with Gasteiger partial charge >= 0.3 is 0 Å². The predicted molar refractivity (Wildman–Crippen MR) is 79.1 cm³/mol. The fourth-order valence-corrected chi connectivity index (χ4v) is 1.32. The molecule has 0 N–H and O–H groups in total. The Hall–Kier alpha value is -2.24. The molecule has 1 heterocycles. The summed E-state index contributed by atoms with van der Waals surface area (Å²) in [5.74, 6) is 0.756. The molecule has 0 aliphatic carbocycles. The van der Waals surface area contributed by atoms with Gasteiger partial charge in [0.1, 0.15) is 5.84 Å². The zero-order valence-electron chi connectivity index (χ0n) is 11.8. The van der Waals surface area contributed by atoms with Crippen LogP contribution in [0, 0.1) is 0 Å². The lowest BCUT2D eigenvalue weighted by molar-refractivity contribution is 0.381. The monoisotopic (exact) mass is 260 g/mol. The van der Waals surface area contributed by atoms with E-state index in [4.69, 9.17) is 0 Å². The van der Waals surface area contributed by atoms with E-state index in [-0.39, 0.29) is 6.17 Å². The molecule has 1 rings (SSSR count). The molecular formula is C13H20N6. The van der Waals surface area contributed by atoms with E-state index in [9.17, 15) is 0 Å². The summed E-state index contributed by atoms with van der Waals surface area (Å²) in [6.45, 7) is 1.93. The Kier molecular flexibility index (Phi) is 6.21. The third kappa shape index (κ3) is 5.29. The maximum Gasteiger partial charge on any atom is 0.161 e. The fraction of sp³-hybridized carbons (Fsp3) is 0.385. The van der Waals surface area contributed by atoms with Crippen molar-refractivity contribution in [3.8, 4) is 0 Å². The maximum absolute atomic E-state index is 4.11. The summed E-state index contributed by atoms with van der Waals surface area (Å²) in [7, 11) is 5.75. The van der Waals surface area contributed by atoms with Gasteiger partial charge in [-0.3, -0.25) is 0 Å². The van der Waals surface area contributed by atoms with E-state index in [1.165, 1.54) is 6.34 Å². The highest BCUT2D eigenvalue weighted by atomic mass is 15.3. The molecule has 1 aliphatic rings. The number of nitrogens with zero attached hydrogens (tertiary/aromatic N) is 6. The summed E-state index contributed by atoms with van der Waals surface area (Å²) in [5, 5.41) is 15.9. The van der Waals surface area contributed by atoms with Crippen molar-refractivity contribution in [3.05, 3.63) is 36.6 Å². The van der Waals surface area contributed by atoms with Crippen LogP contribution in [0.15, 0.2) is 57.0 Å².